The van der Waals surface area contributed by atoms with Crippen molar-refractivity contribution in [2.45, 2.75) is 103 Å². The van der Waals surface area contributed by atoms with Crippen LogP contribution >= 0.6 is 11.5 Å². The smallest absolute Gasteiger partial charge is 0.744 e. The number of benzene rings is 2. The van der Waals surface area contributed by atoms with Gasteiger partial charge in [-0.05, 0) is 101 Å². The number of aromatic nitrogens is 2. The van der Waals surface area contributed by atoms with Gasteiger partial charge >= 0.3 is 37.7 Å². The van der Waals surface area contributed by atoms with E-state index in [0.717, 1.165) is 11.5 Å². The number of hydrogen-bond acceptors (Lipinski definition) is 15. The average Bonchev–Trinajstić information content (AvgIpc) is 3.41. The number of hydrogen-bond donors (Lipinski definition) is 3. The molecule has 15 nitrogen and oxygen atoms in total. The number of nitrogens with two attached hydrogens (primary N) is 1. The molecule has 4 rings (SSSR count). The normalized spacial score (nSPS) is 11.9. The summed E-state index contributed by atoms with van der Waals surface area (Å²) < 4.78 is 77.4. The van der Waals surface area contributed by atoms with E-state index in [0.29, 0.717) is 39.3 Å². The third-order valence-corrected chi connectivity index (χ3v) is 11.2. The van der Waals surface area contributed by atoms with Crippen molar-refractivity contribution >= 4 is 71.4 Å². The molecule has 0 radical (unpaired) electrons. The van der Waals surface area contributed by atoms with Gasteiger partial charge < -0.3 is 25.5 Å². The molecule has 0 aliphatic carbocycles. The third kappa shape index (κ3) is 10.5. The topological polar surface area (TPSA) is 256 Å². The van der Waals surface area contributed by atoms with Gasteiger partial charge in [0.25, 0.3) is 5.91 Å². The molecule has 0 fully saturated rings. The van der Waals surface area contributed by atoms with E-state index in [1.807, 2.05) is 55.4 Å². The number of nitrogens with one attached hydrogen (secondary N) is 2. The minimum atomic E-state index is -4.83. The maximum atomic E-state index is 13.3. The SMILES string of the molecule is Cc1nsc(N=Nc2c(Nc3c(C(C)C)cc(S(=O)(=O)[O-])cc3C(C)C)nc(Nc3c(C(C)C)cc(S(=O)(=O)[O-])cc3C(C)C)c(C(N)=O)c2C)c1C#N.[Li+].[Li+]. The summed E-state index contributed by atoms with van der Waals surface area (Å²) in [5, 5.41) is 25.2. The van der Waals surface area contributed by atoms with Gasteiger partial charge in [0.1, 0.15) is 43.4 Å². The summed E-state index contributed by atoms with van der Waals surface area (Å²) in [6, 6.07) is 7.26. The fourth-order valence-electron chi connectivity index (χ4n) is 5.90. The van der Waals surface area contributed by atoms with Gasteiger partial charge in [0.05, 0.1) is 21.0 Å². The second-order valence-corrected chi connectivity index (χ2v) is 17.5. The van der Waals surface area contributed by atoms with Crippen LogP contribution in [0.5, 0.6) is 0 Å². The largest absolute Gasteiger partial charge is 1.00 e. The number of amides is 1. The van der Waals surface area contributed by atoms with Crippen molar-refractivity contribution in [1.29, 1.82) is 5.26 Å². The molecule has 0 aliphatic rings. The number of azo groups is 1. The standard InChI is InChI=1S/C36H44N8O7S3.2Li/c1-16(2)24-11-22(53(46,47)48)12-25(17(3)4)31(24)39-34-29(33(38)45)20(9)30(42-43-36-28(15-37)21(10)44-52-36)35(41-34)40-32-26(18(5)6)13-23(54(49,50)51)14-27(32)19(7)8;;/h11-14,16-19H,1-10H3,(H2,38,45)(H2,39,40,41)(H,46,47,48)(H,49,50,51);;/q;2*+1/p-2. The molecule has 0 unspecified atom stereocenters. The maximum absolute atomic E-state index is 13.3. The summed E-state index contributed by atoms with van der Waals surface area (Å²) in [7, 11) is -9.66. The summed E-state index contributed by atoms with van der Waals surface area (Å²) in [5.74, 6) is -2.07. The maximum Gasteiger partial charge on any atom is 1.00 e. The van der Waals surface area contributed by atoms with Crippen molar-refractivity contribution in [3.63, 3.8) is 0 Å². The van der Waals surface area contributed by atoms with Crippen LogP contribution in [0.15, 0.2) is 44.3 Å². The van der Waals surface area contributed by atoms with E-state index in [1.54, 1.807) is 13.8 Å². The van der Waals surface area contributed by atoms with E-state index in [9.17, 15) is 36.0 Å². The van der Waals surface area contributed by atoms with E-state index in [1.165, 1.54) is 24.3 Å². The first-order valence-electron chi connectivity index (χ1n) is 16.9. The number of nitriles is 1. The molecule has 2 heterocycles. The minimum Gasteiger partial charge on any atom is -0.744 e. The zero-order valence-corrected chi connectivity index (χ0v) is 36.0. The van der Waals surface area contributed by atoms with Crippen molar-refractivity contribution in [2.75, 3.05) is 10.6 Å². The first-order chi connectivity index (χ1) is 25.0. The number of nitrogens with zero attached hydrogens (tertiary/aromatic N) is 5. The Morgan fingerprint density at radius 2 is 1.16 bits per heavy atom. The predicted molar refractivity (Wildman–Crippen MR) is 205 cm³/mol. The number of anilines is 4. The summed E-state index contributed by atoms with van der Waals surface area (Å²) in [6.45, 7) is 17.8. The molecule has 2 aromatic carbocycles. The predicted octanol–water partition coefficient (Wildman–Crippen LogP) is 2.34. The second kappa shape index (κ2) is 18.8. The van der Waals surface area contributed by atoms with E-state index in [4.69, 9.17) is 10.7 Å². The first-order valence-corrected chi connectivity index (χ1v) is 20.5. The Morgan fingerprint density at radius 1 is 0.768 bits per heavy atom. The molecule has 56 heavy (non-hydrogen) atoms. The molecular weight excluding hydrogens is 767 g/mol. The summed E-state index contributed by atoms with van der Waals surface area (Å²) in [4.78, 5) is 17.3. The van der Waals surface area contributed by atoms with Crippen LogP contribution < -0.4 is 54.1 Å². The number of aryl methyl sites for hydroxylation is 1. The average molecular weight is 809 g/mol. The first kappa shape index (κ1) is 48.5. The van der Waals surface area contributed by atoms with Gasteiger partial charge in [-0.2, -0.15) is 9.64 Å². The monoisotopic (exact) mass is 808 g/mol. The Morgan fingerprint density at radius 3 is 1.50 bits per heavy atom. The van der Waals surface area contributed by atoms with E-state index < -0.39 is 35.9 Å². The van der Waals surface area contributed by atoms with Crippen molar-refractivity contribution in [3.8, 4) is 6.07 Å². The molecule has 0 atom stereocenters. The molecule has 0 aliphatic heterocycles. The molecule has 4 aromatic rings. The van der Waals surface area contributed by atoms with Crippen LogP contribution in [-0.4, -0.2) is 41.2 Å². The van der Waals surface area contributed by atoms with Crippen molar-refractivity contribution < 1.29 is 68.5 Å². The van der Waals surface area contributed by atoms with Crippen LogP contribution in [0.3, 0.4) is 0 Å². The molecule has 2 aromatic heterocycles. The quantitative estimate of drug-likeness (QED) is 0.1000. The van der Waals surface area contributed by atoms with Gasteiger partial charge in [-0.3, -0.25) is 4.79 Å². The van der Waals surface area contributed by atoms with Gasteiger partial charge in [0.15, 0.2) is 10.8 Å². The number of rotatable bonds is 13. The number of primary amides is 1. The summed E-state index contributed by atoms with van der Waals surface area (Å²) in [5.41, 5.74) is 9.59. The number of carbonyl (C=O) groups excluding carboxylic acids is 1. The molecule has 4 N–H and O–H groups in total. The van der Waals surface area contributed by atoms with Gasteiger partial charge in [0.2, 0.25) is 0 Å². The van der Waals surface area contributed by atoms with Crippen molar-refractivity contribution in [3.05, 3.63) is 68.9 Å². The Bertz CT molecular complexity index is 2380. The van der Waals surface area contributed by atoms with E-state index in [2.05, 4.69) is 31.3 Å². The Kier molecular flexibility index (Phi) is 16.3. The summed E-state index contributed by atoms with van der Waals surface area (Å²) in [6.07, 6.45) is 0. The molecule has 288 valence electrons. The van der Waals surface area contributed by atoms with Crippen LogP contribution in [0.2, 0.25) is 0 Å². The van der Waals surface area contributed by atoms with Crippen molar-refractivity contribution in [2.24, 2.45) is 16.0 Å². The minimum absolute atomic E-state index is 0. The molecule has 0 spiro atoms. The fourth-order valence-corrected chi connectivity index (χ4v) is 7.66. The number of carbonyl (C=O) groups is 1. The molecule has 1 amide bonds. The Labute approximate surface area is 356 Å². The van der Waals surface area contributed by atoms with Crippen molar-refractivity contribution in [1.82, 2.24) is 9.36 Å². The third-order valence-electron chi connectivity index (χ3n) is 8.76. The zero-order valence-electron chi connectivity index (χ0n) is 33.5. The zero-order chi connectivity index (χ0) is 40.6. The van der Waals surface area contributed by atoms with Crippen LogP contribution in [0.25, 0.3) is 0 Å². The molecular formula is C36H42Li2N8O7S3. The van der Waals surface area contributed by atoms with E-state index in [-0.39, 0.29) is 100 Å². The molecule has 0 saturated heterocycles. The van der Waals surface area contributed by atoms with Crippen LogP contribution in [0.1, 0.15) is 128 Å². The van der Waals surface area contributed by atoms with Crippen LogP contribution in [0, 0.1) is 25.2 Å². The van der Waals surface area contributed by atoms with E-state index >= 15 is 0 Å². The summed E-state index contributed by atoms with van der Waals surface area (Å²) >= 11 is 0.950. The van der Waals surface area contributed by atoms with Gasteiger partial charge in [-0.1, -0.05) is 55.4 Å². The number of pyridine rings is 1. The molecule has 0 bridgehead atoms. The van der Waals surface area contributed by atoms with Crippen LogP contribution in [-0.2, 0) is 20.2 Å². The second-order valence-electron chi connectivity index (χ2n) is 14.0. The Hall–Kier alpha value is -3.61. The fraction of sp³-hybridized carbons (Fsp3) is 0.389. The van der Waals surface area contributed by atoms with Gasteiger partial charge in [-0.15, -0.1) is 10.2 Å². The van der Waals surface area contributed by atoms with Gasteiger partial charge in [0, 0.05) is 11.4 Å². The Balaban J connectivity index is 0.00000541. The van der Waals surface area contributed by atoms with Gasteiger partial charge in [-0.25, -0.2) is 21.8 Å². The van der Waals surface area contributed by atoms with Crippen LogP contribution in [0.4, 0.5) is 33.7 Å². The molecule has 20 heteroatoms. The molecule has 0 saturated carbocycles.